The van der Waals surface area contributed by atoms with Gasteiger partial charge in [0.2, 0.25) is 5.75 Å². The van der Waals surface area contributed by atoms with Gasteiger partial charge in [-0.1, -0.05) is 6.07 Å². The minimum atomic E-state index is -0.925. The van der Waals surface area contributed by atoms with Crippen molar-refractivity contribution in [1.82, 2.24) is 4.98 Å². The highest BCUT2D eigenvalue weighted by atomic mass is 79.9. The van der Waals surface area contributed by atoms with E-state index in [9.17, 15) is 14.9 Å². The van der Waals surface area contributed by atoms with Gasteiger partial charge in [0.15, 0.2) is 6.10 Å². The summed E-state index contributed by atoms with van der Waals surface area (Å²) in [6.45, 7) is 3.44. The van der Waals surface area contributed by atoms with Crippen LogP contribution in [0.4, 0.5) is 11.5 Å². The van der Waals surface area contributed by atoms with Gasteiger partial charge in [0.05, 0.1) is 5.69 Å². The van der Waals surface area contributed by atoms with Crippen molar-refractivity contribution >= 4 is 33.3 Å². The maximum Gasteiger partial charge on any atom is 0.406 e. The summed E-state index contributed by atoms with van der Waals surface area (Å²) in [6, 6.07) is 8.39. The number of hydrogen-bond donors (Lipinski definition) is 1. The van der Waals surface area contributed by atoms with Gasteiger partial charge in [-0.15, -0.1) is 0 Å². The quantitative estimate of drug-likeness (QED) is 0.633. The number of nitro groups is 1. The Kier molecular flexibility index (Phi) is 5.28. The molecule has 0 saturated heterocycles. The number of amides is 1. The summed E-state index contributed by atoms with van der Waals surface area (Å²) in [5.41, 5.74) is 1.64. The predicted molar refractivity (Wildman–Crippen MR) is 88.5 cm³/mol. The number of carbonyl (C=O) groups excluding carboxylic acids is 1. The zero-order valence-electron chi connectivity index (χ0n) is 12.4. The molecule has 0 saturated carbocycles. The molecule has 0 fully saturated rings. The van der Waals surface area contributed by atoms with E-state index in [-0.39, 0.29) is 5.75 Å². The fraction of sp³-hybridized carbons (Fsp3) is 0.200. The average molecular weight is 380 g/mol. The van der Waals surface area contributed by atoms with Gasteiger partial charge in [0.1, 0.15) is 6.20 Å². The van der Waals surface area contributed by atoms with E-state index in [2.05, 4.69) is 26.2 Å². The predicted octanol–water partition coefficient (Wildman–Crippen LogP) is 3.47. The smallest absolute Gasteiger partial charge is 0.406 e. The number of halogens is 1. The fourth-order valence-corrected chi connectivity index (χ4v) is 2.40. The summed E-state index contributed by atoms with van der Waals surface area (Å²) >= 11 is 3.37. The Morgan fingerprint density at radius 2 is 2.17 bits per heavy atom. The third-order valence-corrected chi connectivity index (χ3v) is 3.64. The van der Waals surface area contributed by atoms with Crippen LogP contribution in [-0.4, -0.2) is 21.9 Å². The van der Waals surface area contributed by atoms with Crippen LogP contribution < -0.4 is 10.1 Å². The lowest BCUT2D eigenvalue weighted by Gasteiger charge is -2.15. The van der Waals surface area contributed by atoms with E-state index < -0.39 is 22.8 Å². The molecule has 0 aliphatic heterocycles. The molecular formula is C15H14BrN3O4. The van der Waals surface area contributed by atoms with E-state index in [1.54, 1.807) is 6.07 Å². The molecular weight excluding hydrogens is 366 g/mol. The lowest BCUT2D eigenvalue weighted by atomic mass is 10.2. The Balaban J connectivity index is 2.10. The van der Waals surface area contributed by atoms with Crippen LogP contribution in [-0.2, 0) is 4.79 Å². The van der Waals surface area contributed by atoms with Gasteiger partial charge in [0, 0.05) is 4.47 Å². The van der Waals surface area contributed by atoms with Crippen molar-refractivity contribution in [1.29, 1.82) is 0 Å². The van der Waals surface area contributed by atoms with Gasteiger partial charge in [-0.05, 0) is 69.5 Å². The number of anilines is 1. The molecule has 1 amide bonds. The molecule has 1 heterocycles. The highest BCUT2D eigenvalue weighted by Crippen LogP contribution is 2.26. The summed E-state index contributed by atoms with van der Waals surface area (Å²) in [4.78, 5) is 26.1. The fourth-order valence-electron chi connectivity index (χ4n) is 1.81. The second-order valence-electron chi connectivity index (χ2n) is 4.81. The Bertz CT molecular complexity index is 751. The topological polar surface area (TPSA) is 94.4 Å². The van der Waals surface area contributed by atoms with Crippen molar-refractivity contribution in [3.63, 3.8) is 0 Å². The van der Waals surface area contributed by atoms with Crippen LogP contribution in [0.2, 0.25) is 0 Å². The Morgan fingerprint density at radius 1 is 1.43 bits per heavy atom. The molecule has 23 heavy (non-hydrogen) atoms. The number of benzene rings is 1. The van der Waals surface area contributed by atoms with Gasteiger partial charge in [-0.25, -0.2) is 0 Å². The normalized spacial score (nSPS) is 11.6. The molecule has 0 aliphatic rings. The largest absolute Gasteiger partial charge is 0.473 e. The number of nitrogens with one attached hydrogen (secondary N) is 1. The number of hydrogen-bond acceptors (Lipinski definition) is 5. The van der Waals surface area contributed by atoms with E-state index in [1.165, 1.54) is 25.3 Å². The Morgan fingerprint density at radius 3 is 2.83 bits per heavy atom. The molecule has 7 nitrogen and oxygen atoms in total. The first-order valence-electron chi connectivity index (χ1n) is 6.71. The number of rotatable bonds is 5. The summed E-state index contributed by atoms with van der Waals surface area (Å²) in [5.74, 6) is -0.903. The van der Waals surface area contributed by atoms with Crippen molar-refractivity contribution in [2.24, 2.45) is 0 Å². The molecule has 0 aliphatic carbocycles. The lowest BCUT2D eigenvalue weighted by Crippen LogP contribution is -2.30. The van der Waals surface area contributed by atoms with Crippen molar-refractivity contribution in [3.05, 3.63) is 56.7 Å². The third kappa shape index (κ3) is 4.26. The molecule has 120 valence electrons. The first-order chi connectivity index (χ1) is 10.9. The minimum absolute atomic E-state index is 0.0527. The summed E-state index contributed by atoms with van der Waals surface area (Å²) in [5, 5.41) is 13.6. The summed E-state index contributed by atoms with van der Waals surface area (Å²) < 4.78 is 6.11. The highest BCUT2D eigenvalue weighted by Gasteiger charge is 2.22. The molecule has 1 atom stereocenters. The number of carbonyl (C=O) groups is 1. The number of aromatic nitrogens is 1. The number of ether oxygens (including phenoxy) is 1. The van der Waals surface area contributed by atoms with E-state index in [0.29, 0.717) is 5.69 Å². The zero-order valence-corrected chi connectivity index (χ0v) is 14.0. The van der Waals surface area contributed by atoms with Gasteiger partial charge in [0.25, 0.3) is 5.91 Å². The summed E-state index contributed by atoms with van der Waals surface area (Å²) in [6.07, 6.45) is 0.366. The molecule has 1 unspecified atom stereocenters. The third-order valence-electron chi connectivity index (χ3n) is 2.98. The SMILES string of the molecule is Cc1ccc(NC(=O)C(C)Oc2cccnc2[N+](=O)[O-])c(Br)c1. The second kappa shape index (κ2) is 7.19. The van der Waals surface area contributed by atoms with Gasteiger partial charge in [-0.2, -0.15) is 0 Å². The molecule has 0 bridgehead atoms. The molecule has 0 radical (unpaired) electrons. The van der Waals surface area contributed by atoms with E-state index in [1.807, 2.05) is 19.1 Å². The standard InChI is InChI=1S/C15H14BrN3O4/c1-9-5-6-12(11(16)8-9)18-15(20)10(2)23-13-4-3-7-17-14(13)19(21)22/h3-8,10H,1-2H3,(H,18,20). The molecule has 1 aromatic heterocycles. The van der Waals surface area contributed by atoms with Crippen LogP contribution in [0.15, 0.2) is 41.0 Å². The molecule has 1 N–H and O–H groups in total. The van der Waals surface area contributed by atoms with Crippen LogP contribution in [0.25, 0.3) is 0 Å². The lowest BCUT2D eigenvalue weighted by molar-refractivity contribution is -0.390. The number of pyridine rings is 1. The van der Waals surface area contributed by atoms with Crippen molar-refractivity contribution < 1.29 is 14.5 Å². The molecule has 8 heteroatoms. The molecule has 2 aromatic rings. The van der Waals surface area contributed by atoms with Gasteiger partial charge >= 0.3 is 5.82 Å². The molecule has 0 spiro atoms. The first kappa shape index (κ1) is 16.9. The van der Waals surface area contributed by atoms with E-state index >= 15 is 0 Å². The van der Waals surface area contributed by atoms with Crippen molar-refractivity contribution in [2.75, 3.05) is 5.32 Å². The average Bonchev–Trinajstić information content (AvgIpc) is 2.50. The maximum atomic E-state index is 12.2. The second-order valence-corrected chi connectivity index (χ2v) is 5.67. The number of aryl methyl sites for hydroxylation is 1. The maximum absolute atomic E-state index is 12.2. The highest BCUT2D eigenvalue weighted by molar-refractivity contribution is 9.10. The van der Waals surface area contributed by atoms with E-state index in [4.69, 9.17) is 4.74 Å². The van der Waals surface area contributed by atoms with Gasteiger partial charge in [-0.3, -0.25) is 4.79 Å². The van der Waals surface area contributed by atoms with Crippen LogP contribution in [0.5, 0.6) is 5.75 Å². The number of nitrogens with zero attached hydrogens (tertiary/aromatic N) is 2. The zero-order chi connectivity index (χ0) is 17.0. The Hall–Kier alpha value is -2.48. The van der Waals surface area contributed by atoms with Crippen LogP contribution in [0.3, 0.4) is 0 Å². The van der Waals surface area contributed by atoms with E-state index in [0.717, 1.165) is 10.0 Å². The van der Waals surface area contributed by atoms with Crippen molar-refractivity contribution in [3.8, 4) is 5.75 Å². The van der Waals surface area contributed by atoms with Crippen molar-refractivity contribution in [2.45, 2.75) is 20.0 Å². The van der Waals surface area contributed by atoms with Crippen LogP contribution in [0.1, 0.15) is 12.5 Å². The monoisotopic (exact) mass is 379 g/mol. The van der Waals surface area contributed by atoms with Crippen LogP contribution >= 0.6 is 15.9 Å². The first-order valence-corrected chi connectivity index (χ1v) is 7.51. The molecule has 1 aromatic carbocycles. The minimum Gasteiger partial charge on any atom is -0.473 e. The van der Waals surface area contributed by atoms with Gasteiger partial charge < -0.3 is 20.2 Å². The summed E-state index contributed by atoms with van der Waals surface area (Å²) in [7, 11) is 0. The Labute approximate surface area is 141 Å². The molecule has 2 rings (SSSR count). The van der Waals surface area contributed by atoms with Crippen LogP contribution in [0, 0.1) is 17.0 Å².